The van der Waals surface area contributed by atoms with Crippen LogP contribution in [0.4, 0.5) is 4.39 Å². The quantitative estimate of drug-likeness (QED) is 0.882. The van der Waals surface area contributed by atoms with Crippen LogP contribution in [0.25, 0.3) is 0 Å². The Hall–Kier alpha value is -2.07. The lowest BCUT2D eigenvalue weighted by atomic mass is 9.98. The van der Waals surface area contributed by atoms with Gasteiger partial charge < -0.3 is 14.8 Å². The first-order valence-electron chi connectivity index (χ1n) is 6.89. The lowest BCUT2D eigenvalue weighted by Gasteiger charge is -2.20. The van der Waals surface area contributed by atoms with E-state index in [0.29, 0.717) is 0 Å². The maximum Gasteiger partial charge on any atom is 0.123 e. The van der Waals surface area contributed by atoms with Crippen LogP contribution >= 0.6 is 0 Å². The van der Waals surface area contributed by atoms with Crippen LogP contribution in [0.5, 0.6) is 11.5 Å². The van der Waals surface area contributed by atoms with E-state index in [4.69, 9.17) is 9.47 Å². The molecule has 0 aliphatic rings. The zero-order valence-electron chi connectivity index (χ0n) is 12.5. The summed E-state index contributed by atoms with van der Waals surface area (Å²) in [6.45, 7) is 2.83. The molecule has 0 fully saturated rings. The van der Waals surface area contributed by atoms with Crippen LogP contribution in [0.15, 0.2) is 42.5 Å². The van der Waals surface area contributed by atoms with Crippen molar-refractivity contribution in [3.05, 3.63) is 59.4 Å². The van der Waals surface area contributed by atoms with Crippen LogP contribution in [0, 0.1) is 5.82 Å². The van der Waals surface area contributed by atoms with E-state index < -0.39 is 0 Å². The van der Waals surface area contributed by atoms with Crippen molar-refractivity contribution < 1.29 is 13.9 Å². The molecule has 3 nitrogen and oxygen atoms in total. The van der Waals surface area contributed by atoms with Crippen molar-refractivity contribution in [2.45, 2.75) is 13.0 Å². The highest BCUT2D eigenvalue weighted by molar-refractivity contribution is 5.43. The van der Waals surface area contributed by atoms with Gasteiger partial charge in [-0.25, -0.2) is 4.39 Å². The molecule has 0 saturated heterocycles. The molecule has 21 heavy (non-hydrogen) atoms. The molecule has 0 spiro atoms. The van der Waals surface area contributed by atoms with E-state index in [9.17, 15) is 4.39 Å². The summed E-state index contributed by atoms with van der Waals surface area (Å²) in [6, 6.07) is 12.2. The van der Waals surface area contributed by atoms with Gasteiger partial charge >= 0.3 is 0 Å². The summed E-state index contributed by atoms with van der Waals surface area (Å²) in [5, 5.41) is 3.40. The van der Waals surface area contributed by atoms with Gasteiger partial charge in [0, 0.05) is 6.07 Å². The van der Waals surface area contributed by atoms with Crippen LogP contribution < -0.4 is 14.8 Å². The van der Waals surface area contributed by atoms with Gasteiger partial charge in [-0.3, -0.25) is 0 Å². The molecule has 2 aromatic rings. The van der Waals surface area contributed by atoms with Gasteiger partial charge in [-0.15, -0.1) is 0 Å². The van der Waals surface area contributed by atoms with Crippen molar-refractivity contribution in [1.82, 2.24) is 5.32 Å². The Kier molecular flexibility index (Phi) is 5.17. The number of ether oxygens (including phenoxy) is 2. The van der Waals surface area contributed by atoms with E-state index in [1.54, 1.807) is 26.4 Å². The monoisotopic (exact) mass is 289 g/mol. The molecule has 2 rings (SSSR count). The van der Waals surface area contributed by atoms with Gasteiger partial charge in [-0.2, -0.15) is 0 Å². The molecule has 0 heterocycles. The van der Waals surface area contributed by atoms with Crippen LogP contribution in [0.3, 0.4) is 0 Å². The Morgan fingerprint density at radius 3 is 2.00 bits per heavy atom. The Labute approximate surface area is 124 Å². The smallest absolute Gasteiger partial charge is 0.123 e. The second-order valence-corrected chi connectivity index (χ2v) is 4.69. The SMILES string of the molecule is CCNC(c1ccc(F)cc1)c1cc(OC)cc(OC)c1. The summed E-state index contributed by atoms with van der Waals surface area (Å²) in [4.78, 5) is 0. The average Bonchev–Trinajstić information content (AvgIpc) is 2.53. The Balaban J connectivity index is 2.44. The fourth-order valence-electron chi connectivity index (χ4n) is 2.28. The van der Waals surface area contributed by atoms with E-state index in [1.807, 2.05) is 25.1 Å². The fourth-order valence-corrected chi connectivity index (χ4v) is 2.28. The van der Waals surface area contributed by atoms with Crippen molar-refractivity contribution >= 4 is 0 Å². The molecule has 2 aromatic carbocycles. The Morgan fingerprint density at radius 1 is 0.952 bits per heavy atom. The van der Waals surface area contributed by atoms with Crippen molar-refractivity contribution in [3.8, 4) is 11.5 Å². The number of nitrogens with one attached hydrogen (secondary N) is 1. The third kappa shape index (κ3) is 3.73. The van der Waals surface area contributed by atoms with Crippen molar-refractivity contribution in [1.29, 1.82) is 0 Å². The predicted octanol–water partition coefficient (Wildman–Crippen LogP) is 3.54. The number of hydrogen-bond acceptors (Lipinski definition) is 3. The molecule has 112 valence electrons. The number of hydrogen-bond donors (Lipinski definition) is 1. The second-order valence-electron chi connectivity index (χ2n) is 4.69. The average molecular weight is 289 g/mol. The summed E-state index contributed by atoms with van der Waals surface area (Å²) in [5.41, 5.74) is 2.01. The largest absolute Gasteiger partial charge is 0.497 e. The van der Waals surface area contributed by atoms with E-state index in [1.165, 1.54) is 12.1 Å². The molecule has 0 aromatic heterocycles. The number of methoxy groups -OCH3 is 2. The van der Waals surface area contributed by atoms with Gasteiger partial charge in [0.1, 0.15) is 17.3 Å². The highest BCUT2D eigenvalue weighted by Crippen LogP contribution is 2.30. The summed E-state index contributed by atoms with van der Waals surface area (Å²) in [5.74, 6) is 1.22. The molecular formula is C17H20FNO2. The maximum atomic E-state index is 13.1. The number of benzene rings is 2. The molecular weight excluding hydrogens is 269 g/mol. The molecule has 0 aliphatic heterocycles. The van der Waals surface area contributed by atoms with Gasteiger partial charge in [0.15, 0.2) is 0 Å². The van der Waals surface area contributed by atoms with Gasteiger partial charge in [0.05, 0.1) is 20.3 Å². The second kappa shape index (κ2) is 7.09. The molecule has 1 N–H and O–H groups in total. The van der Waals surface area contributed by atoms with Gasteiger partial charge in [-0.05, 0) is 41.9 Å². The Morgan fingerprint density at radius 2 is 1.52 bits per heavy atom. The highest BCUT2D eigenvalue weighted by Gasteiger charge is 2.15. The minimum absolute atomic E-state index is 0.0420. The molecule has 4 heteroatoms. The zero-order valence-corrected chi connectivity index (χ0v) is 12.5. The zero-order chi connectivity index (χ0) is 15.2. The van der Waals surface area contributed by atoms with Gasteiger partial charge in [0.2, 0.25) is 0 Å². The molecule has 0 saturated carbocycles. The predicted molar refractivity (Wildman–Crippen MR) is 81.5 cm³/mol. The fraction of sp³-hybridized carbons (Fsp3) is 0.294. The molecule has 0 amide bonds. The van der Waals surface area contributed by atoms with Gasteiger partial charge in [0.25, 0.3) is 0 Å². The topological polar surface area (TPSA) is 30.5 Å². The van der Waals surface area contributed by atoms with Crippen LogP contribution in [-0.4, -0.2) is 20.8 Å². The normalized spacial score (nSPS) is 12.0. The number of rotatable bonds is 6. The van der Waals surface area contributed by atoms with Crippen molar-refractivity contribution in [2.75, 3.05) is 20.8 Å². The lowest BCUT2D eigenvalue weighted by Crippen LogP contribution is -2.22. The highest BCUT2D eigenvalue weighted by atomic mass is 19.1. The van der Waals surface area contributed by atoms with E-state index in [2.05, 4.69) is 5.32 Å². The van der Waals surface area contributed by atoms with Crippen molar-refractivity contribution in [2.24, 2.45) is 0 Å². The first-order chi connectivity index (χ1) is 10.2. The number of halogens is 1. The van der Waals surface area contributed by atoms with Crippen LogP contribution in [-0.2, 0) is 0 Å². The minimum atomic E-state index is -0.239. The molecule has 0 bridgehead atoms. The first kappa shape index (κ1) is 15.3. The molecule has 1 atom stereocenters. The summed E-state index contributed by atoms with van der Waals surface area (Å²) >= 11 is 0. The van der Waals surface area contributed by atoms with Crippen LogP contribution in [0.1, 0.15) is 24.1 Å². The summed E-state index contributed by atoms with van der Waals surface area (Å²) < 4.78 is 23.7. The van der Waals surface area contributed by atoms with Crippen molar-refractivity contribution in [3.63, 3.8) is 0 Å². The van der Waals surface area contributed by atoms with E-state index >= 15 is 0 Å². The van der Waals surface area contributed by atoms with Gasteiger partial charge in [-0.1, -0.05) is 19.1 Å². The van der Waals surface area contributed by atoms with Crippen LogP contribution in [0.2, 0.25) is 0 Å². The first-order valence-corrected chi connectivity index (χ1v) is 6.89. The minimum Gasteiger partial charge on any atom is -0.497 e. The summed E-state index contributed by atoms with van der Waals surface area (Å²) in [6.07, 6.45) is 0. The molecule has 0 aliphatic carbocycles. The molecule has 1 unspecified atom stereocenters. The third-order valence-corrected chi connectivity index (χ3v) is 3.32. The molecule has 0 radical (unpaired) electrons. The standard InChI is InChI=1S/C17H20FNO2/c1-4-19-17(12-5-7-14(18)8-6-12)13-9-15(20-2)11-16(10-13)21-3/h5-11,17,19H,4H2,1-3H3. The third-order valence-electron chi connectivity index (χ3n) is 3.32. The summed E-state index contributed by atoms with van der Waals surface area (Å²) in [7, 11) is 3.25. The van der Waals surface area contributed by atoms with E-state index in [-0.39, 0.29) is 11.9 Å². The van der Waals surface area contributed by atoms with E-state index in [0.717, 1.165) is 29.2 Å². The maximum absolute atomic E-state index is 13.1. The lowest BCUT2D eigenvalue weighted by molar-refractivity contribution is 0.392. The Bertz CT molecular complexity index is 562.